The van der Waals surface area contributed by atoms with E-state index in [4.69, 9.17) is 4.74 Å². The highest BCUT2D eigenvalue weighted by molar-refractivity contribution is 7.99. The molecule has 0 unspecified atom stereocenters. The standard InChI is InChI=1S/C13H21N3OS/c1-5-7-18-8-6-14-13-15-11(4)9-12(16-13)17-10(2)3/h5,9-10H,1,6-8H2,2-4H3,(H,14,15,16). The van der Waals surface area contributed by atoms with Gasteiger partial charge in [0.15, 0.2) is 0 Å². The highest BCUT2D eigenvalue weighted by atomic mass is 32.2. The molecule has 5 heteroatoms. The van der Waals surface area contributed by atoms with E-state index in [1.807, 2.05) is 44.7 Å². The molecule has 0 aliphatic carbocycles. The Bertz CT molecular complexity index is 382. The Labute approximate surface area is 113 Å². The molecule has 0 saturated heterocycles. The number of aromatic nitrogens is 2. The van der Waals surface area contributed by atoms with Crippen LogP contribution in [0.4, 0.5) is 5.95 Å². The van der Waals surface area contributed by atoms with E-state index in [0.29, 0.717) is 11.8 Å². The number of ether oxygens (including phenoxy) is 1. The molecule has 0 aliphatic rings. The fourth-order valence-electron chi connectivity index (χ4n) is 1.32. The number of thioether (sulfide) groups is 1. The smallest absolute Gasteiger partial charge is 0.226 e. The quantitative estimate of drug-likeness (QED) is 0.579. The zero-order valence-electron chi connectivity index (χ0n) is 11.3. The number of nitrogens with zero attached hydrogens (tertiary/aromatic N) is 2. The third-order valence-corrected chi connectivity index (χ3v) is 2.92. The van der Waals surface area contributed by atoms with Crippen LogP contribution in [0.15, 0.2) is 18.7 Å². The molecule has 0 saturated carbocycles. The maximum Gasteiger partial charge on any atom is 0.226 e. The first-order chi connectivity index (χ1) is 8.61. The van der Waals surface area contributed by atoms with Crippen molar-refractivity contribution in [2.45, 2.75) is 26.9 Å². The predicted molar refractivity (Wildman–Crippen MR) is 78.5 cm³/mol. The molecule has 0 bridgehead atoms. The average molecular weight is 267 g/mol. The Morgan fingerprint density at radius 2 is 2.28 bits per heavy atom. The van der Waals surface area contributed by atoms with Crippen molar-refractivity contribution < 1.29 is 4.74 Å². The van der Waals surface area contributed by atoms with Crippen LogP contribution in [0.25, 0.3) is 0 Å². The van der Waals surface area contributed by atoms with Crippen molar-refractivity contribution in [2.24, 2.45) is 0 Å². The minimum atomic E-state index is 0.121. The van der Waals surface area contributed by atoms with Gasteiger partial charge in [0.25, 0.3) is 0 Å². The summed E-state index contributed by atoms with van der Waals surface area (Å²) >= 11 is 1.82. The van der Waals surface area contributed by atoms with E-state index in [-0.39, 0.29) is 6.10 Å². The van der Waals surface area contributed by atoms with Gasteiger partial charge in [-0.05, 0) is 20.8 Å². The Hall–Kier alpha value is -1.23. The lowest BCUT2D eigenvalue weighted by atomic mass is 10.4. The van der Waals surface area contributed by atoms with Gasteiger partial charge in [0.05, 0.1) is 6.10 Å². The van der Waals surface area contributed by atoms with Crippen molar-refractivity contribution in [2.75, 3.05) is 23.4 Å². The topological polar surface area (TPSA) is 47.0 Å². The van der Waals surface area contributed by atoms with Crippen molar-refractivity contribution in [3.05, 3.63) is 24.4 Å². The molecule has 0 atom stereocenters. The number of aryl methyl sites for hydroxylation is 1. The van der Waals surface area contributed by atoms with Crippen molar-refractivity contribution in [1.29, 1.82) is 0 Å². The van der Waals surface area contributed by atoms with Crippen LogP contribution in [0.5, 0.6) is 5.88 Å². The second kappa shape index (κ2) is 7.97. The highest BCUT2D eigenvalue weighted by Crippen LogP contribution is 2.13. The Morgan fingerprint density at radius 1 is 1.50 bits per heavy atom. The molecular formula is C13H21N3OS. The molecule has 4 nitrogen and oxygen atoms in total. The summed E-state index contributed by atoms with van der Waals surface area (Å²) in [6.45, 7) is 10.4. The lowest BCUT2D eigenvalue weighted by molar-refractivity contribution is 0.232. The molecular weight excluding hydrogens is 246 g/mol. The number of anilines is 1. The molecule has 0 amide bonds. The lowest BCUT2D eigenvalue weighted by Crippen LogP contribution is -2.11. The second-order valence-electron chi connectivity index (χ2n) is 4.13. The number of nitrogens with one attached hydrogen (secondary N) is 1. The van der Waals surface area contributed by atoms with Crippen LogP contribution in [-0.2, 0) is 0 Å². The van der Waals surface area contributed by atoms with Gasteiger partial charge in [-0.2, -0.15) is 16.7 Å². The Balaban J connectivity index is 2.49. The Morgan fingerprint density at radius 3 is 2.94 bits per heavy atom. The summed E-state index contributed by atoms with van der Waals surface area (Å²) < 4.78 is 5.57. The third kappa shape index (κ3) is 5.91. The largest absolute Gasteiger partial charge is 0.475 e. The van der Waals surface area contributed by atoms with E-state index in [2.05, 4.69) is 21.9 Å². The molecule has 1 N–H and O–H groups in total. The van der Waals surface area contributed by atoms with Gasteiger partial charge in [0, 0.05) is 29.8 Å². The summed E-state index contributed by atoms with van der Waals surface area (Å²) in [4.78, 5) is 8.64. The summed E-state index contributed by atoms with van der Waals surface area (Å²) in [6.07, 6.45) is 2.03. The summed E-state index contributed by atoms with van der Waals surface area (Å²) in [5.74, 6) is 3.23. The van der Waals surface area contributed by atoms with Crippen LogP contribution in [0.3, 0.4) is 0 Å². The van der Waals surface area contributed by atoms with Crippen molar-refractivity contribution in [3.63, 3.8) is 0 Å². The van der Waals surface area contributed by atoms with Gasteiger partial charge in [-0.15, -0.1) is 6.58 Å². The van der Waals surface area contributed by atoms with Gasteiger partial charge < -0.3 is 10.1 Å². The van der Waals surface area contributed by atoms with Crippen LogP contribution in [0.1, 0.15) is 19.5 Å². The maximum atomic E-state index is 5.57. The second-order valence-corrected chi connectivity index (χ2v) is 5.28. The molecule has 18 heavy (non-hydrogen) atoms. The van der Waals surface area contributed by atoms with Crippen LogP contribution >= 0.6 is 11.8 Å². The van der Waals surface area contributed by atoms with Crippen LogP contribution < -0.4 is 10.1 Å². The predicted octanol–water partition coefficient (Wildman–Crippen LogP) is 2.90. The third-order valence-electron chi connectivity index (χ3n) is 1.95. The summed E-state index contributed by atoms with van der Waals surface area (Å²) in [6, 6.07) is 1.84. The normalized spacial score (nSPS) is 10.4. The zero-order chi connectivity index (χ0) is 13.4. The molecule has 1 heterocycles. The van der Waals surface area contributed by atoms with E-state index in [0.717, 1.165) is 23.7 Å². The minimum absolute atomic E-state index is 0.121. The molecule has 100 valence electrons. The molecule has 1 aromatic heterocycles. The van der Waals surface area contributed by atoms with Crippen LogP contribution in [0, 0.1) is 6.92 Å². The van der Waals surface area contributed by atoms with Gasteiger partial charge in [0.1, 0.15) is 0 Å². The van der Waals surface area contributed by atoms with E-state index in [1.54, 1.807) is 0 Å². The lowest BCUT2D eigenvalue weighted by Gasteiger charge is -2.11. The van der Waals surface area contributed by atoms with E-state index < -0.39 is 0 Å². The fourth-order valence-corrected chi connectivity index (χ4v) is 1.90. The van der Waals surface area contributed by atoms with Gasteiger partial charge >= 0.3 is 0 Å². The molecule has 0 spiro atoms. The van der Waals surface area contributed by atoms with Gasteiger partial charge in [-0.1, -0.05) is 6.08 Å². The molecule has 0 fully saturated rings. The maximum absolute atomic E-state index is 5.57. The minimum Gasteiger partial charge on any atom is -0.475 e. The van der Waals surface area contributed by atoms with E-state index >= 15 is 0 Å². The molecule has 0 aromatic carbocycles. The zero-order valence-corrected chi connectivity index (χ0v) is 12.1. The van der Waals surface area contributed by atoms with Crippen LogP contribution in [-0.4, -0.2) is 34.1 Å². The van der Waals surface area contributed by atoms with Crippen molar-refractivity contribution >= 4 is 17.7 Å². The number of hydrogen-bond acceptors (Lipinski definition) is 5. The first-order valence-corrected chi connectivity index (χ1v) is 7.22. The van der Waals surface area contributed by atoms with Crippen LogP contribution in [0.2, 0.25) is 0 Å². The summed E-state index contributed by atoms with van der Waals surface area (Å²) in [5.41, 5.74) is 0.905. The van der Waals surface area contributed by atoms with E-state index in [9.17, 15) is 0 Å². The highest BCUT2D eigenvalue weighted by Gasteiger charge is 2.04. The van der Waals surface area contributed by atoms with Crippen molar-refractivity contribution in [3.8, 4) is 5.88 Å². The number of hydrogen-bond donors (Lipinski definition) is 1. The van der Waals surface area contributed by atoms with Gasteiger partial charge in [0.2, 0.25) is 11.8 Å². The van der Waals surface area contributed by atoms with Gasteiger partial charge in [-0.25, -0.2) is 4.98 Å². The summed E-state index contributed by atoms with van der Waals surface area (Å²) in [5, 5.41) is 3.20. The van der Waals surface area contributed by atoms with Crippen molar-refractivity contribution in [1.82, 2.24) is 9.97 Å². The summed E-state index contributed by atoms with van der Waals surface area (Å²) in [7, 11) is 0. The SMILES string of the molecule is C=CCSCCNc1nc(C)cc(OC(C)C)n1. The first-order valence-electron chi connectivity index (χ1n) is 6.06. The molecule has 0 aliphatic heterocycles. The molecule has 1 rings (SSSR count). The number of rotatable bonds is 8. The Kier molecular flexibility index (Phi) is 6.57. The molecule has 1 aromatic rings. The first kappa shape index (κ1) is 14.8. The van der Waals surface area contributed by atoms with Gasteiger partial charge in [-0.3, -0.25) is 0 Å². The van der Waals surface area contributed by atoms with E-state index in [1.165, 1.54) is 0 Å². The average Bonchev–Trinajstić information content (AvgIpc) is 2.27. The monoisotopic (exact) mass is 267 g/mol. The fraction of sp³-hybridized carbons (Fsp3) is 0.538. The molecule has 0 radical (unpaired) electrons.